The van der Waals surface area contributed by atoms with Crippen LogP contribution < -0.4 is 15.8 Å². The van der Waals surface area contributed by atoms with Crippen LogP contribution in [-0.2, 0) is 14.3 Å². The number of piperidine rings is 1. The Kier molecular flexibility index (Phi) is 6.25. The number of nitrogens with zero attached hydrogens (tertiary/aromatic N) is 1. The van der Waals surface area contributed by atoms with E-state index < -0.39 is 17.7 Å². The van der Waals surface area contributed by atoms with Crippen LogP contribution in [0.2, 0.25) is 0 Å². The predicted octanol–water partition coefficient (Wildman–Crippen LogP) is 2.78. The van der Waals surface area contributed by atoms with Crippen molar-refractivity contribution in [2.75, 3.05) is 6.54 Å². The molecule has 2 amide bonds. The summed E-state index contributed by atoms with van der Waals surface area (Å²) in [4.78, 5) is 27.9. The van der Waals surface area contributed by atoms with Gasteiger partial charge in [-0.1, -0.05) is 32.0 Å². The third-order valence-corrected chi connectivity index (χ3v) is 7.32. The van der Waals surface area contributed by atoms with Crippen molar-refractivity contribution in [2.45, 2.75) is 89.8 Å². The van der Waals surface area contributed by atoms with Crippen LogP contribution in [0.5, 0.6) is 5.75 Å². The van der Waals surface area contributed by atoms with Crippen molar-refractivity contribution in [2.24, 2.45) is 17.6 Å². The highest BCUT2D eigenvalue weighted by molar-refractivity contribution is 5.90. The topological polar surface area (TPSA) is 93.9 Å². The second-order valence-electron chi connectivity index (χ2n) is 10.4. The summed E-state index contributed by atoms with van der Waals surface area (Å²) >= 11 is 0. The van der Waals surface area contributed by atoms with Crippen molar-refractivity contribution < 1.29 is 19.1 Å². The van der Waals surface area contributed by atoms with E-state index in [1.807, 2.05) is 36.9 Å². The van der Waals surface area contributed by atoms with Crippen LogP contribution in [0.25, 0.3) is 0 Å². The smallest absolute Gasteiger partial charge is 0.245 e. The molecule has 1 aromatic carbocycles. The fourth-order valence-corrected chi connectivity index (χ4v) is 5.48. The molecule has 0 spiro atoms. The van der Waals surface area contributed by atoms with Gasteiger partial charge in [0.15, 0.2) is 0 Å². The van der Waals surface area contributed by atoms with E-state index in [2.05, 4.69) is 25.2 Å². The fraction of sp³-hybridized carbons (Fsp3) is 0.680. The molecule has 2 saturated heterocycles. The Morgan fingerprint density at radius 3 is 2.62 bits per heavy atom. The van der Waals surface area contributed by atoms with E-state index >= 15 is 0 Å². The summed E-state index contributed by atoms with van der Waals surface area (Å²) in [6, 6.07) is 6.83. The van der Waals surface area contributed by atoms with Crippen LogP contribution in [0.4, 0.5) is 0 Å². The normalized spacial score (nSPS) is 30.3. The van der Waals surface area contributed by atoms with Gasteiger partial charge in [-0.25, -0.2) is 0 Å². The number of para-hydroxylation sites is 1. The second-order valence-corrected chi connectivity index (χ2v) is 10.4. The summed E-state index contributed by atoms with van der Waals surface area (Å²) in [7, 11) is 0. The van der Waals surface area contributed by atoms with Gasteiger partial charge >= 0.3 is 0 Å². The first kappa shape index (κ1) is 23.1. The molecule has 176 valence electrons. The van der Waals surface area contributed by atoms with Gasteiger partial charge in [0.05, 0.1) is 24.3 Å². The number of carbonyl (C=O) groups excluding carboxylic acids is 2. The molecule has 1 aromatic rings. The predicted molar refractivity (Wildman–Crippen MR) is 122 cm³/mol. The number of rotatable bonds is 4. The maximum absolute atomic E-state index is 13.7. The SMILES string of the molecule is CC(C)[C@H](NC(=O)[C@@H](C)N)C(=O)N1CCC[C@H]2O[C@H]3c4ccccc4OC(C)(C)[C@@H]3C[C@H]21. The Bertz CT molecular complexity index is 868. The summed E-state index contributed by atoms with van der Waals surface area (Å²) in [5.74, 6) is 0.636. The highest BCUT2D eigenvalue weighted by atomic mass is 16.5. The maximum atomic E-state index is 13.7. The van der Waals surface area contributed by atoms with Gasteiger partial charge in [0.2, 0.25) is 11.8 Å². The number of ether oxygens (including phenoxy) is 2. The van der Waals surface area contributed by atoms with Crippen LogP contribution in [-0.4, -0.2) is 53.1 Å². The Morgan fingerprint density at radius 1 is 1.22 bits per heavy atom. The van der Waals surface area contributed by atoms with E-state index in [-0.39, 0.29) is 41.9 Å². The Morgan fingerprint density at radius 2 is 1.94 bits per heavy atom. The minimum absolute atomic E-state index is 0.0205. The molecule has 0 saturated carbocycles. The Balaban J connectivity index is 1.59. The minimum atomic E-state index is -0.655. The lowest BCUT2D eigenvalue weighted by molar-refractivity contribution is -0.194. The quantitative estimate of drug-likeness (QED) is 0.746. The molecule has 0 unspecified atom stereocenters. The number of amides is 2. The van der Waals surface area contributed by atoms with E-state index in [1.54, 1.807) is 6.92 Å². The van der Waals surface area contributed by atoms with E-state index in [0.29, 0.717) is 6.54 Å². The largest absolute Gasteiger partial charge is 0.487 e. The molecule has 0 bridgehead atoms. The summed E-state index contributed by atoms with van der Waals surface area (Å²) in [5.41, 5.74) is 6.43. The first-order valence-corrected chi connectivity index (χ1v) is 11.9. The molecule has 32 heavy (non-hydrogen) atoms. The number of benzene rings is 1. The highest BCUT2D eigenvalue weighted by Gasteiger charge is 2.53. The molecule has 7 nitrogen and oxygen atoms in total. The molecule has 0 aromatic heterocycles. The lowest BCUT2D eigenvalue weighted by Crippen LogP contribution is -2.63. The average molecular weight is 444 g/mol. The van der Waals surface area contributed by atoms with E-state index in [9.17, 15) is 9.59 Å². The molecule has 3 aliphatic rings. The number of nitrogens with one attached hydrogen (secondary N) is 1. The summed E-state index contributed by atoms with van der Waals surface area (Å²) < 4.78 is 13.1. The standard InChI is InChI=1S/C25H37N3O4/c1-14(2)21(27-23(29)15(3)26)24(30)28-12-8-11-20-18(28)13-17-22(31-20)16-9-6-7-10-19(16)32-25(17,4)5/h6-7,9-10,14-15,17-18,20-22H,8,11-13,26H2,1-5H3,(H,27,29)/t15-,17-,18-,20-,21+,22+/m1/s1. The highest BCUT2D eigenvalue weighted by Crippen LogP contribution is 2.52. The molecule has 4 rings (SSSR count). The van der Waals surface area contributed by atoms with Crippen molar-refractivity contribution in [3.05, 3.63) is 29.8 Å². The Hall–Kier alpha value is -2.12. The van der Waals surface area contributed by atoms with Crippen molar-refractivity contribution in [3.8, 4) is 5.75 Å². The fourth-order valence-electron chi connectivity index (χ4n) is 5.48. The van der Waals surface area contributed by atoms with Gasteiger partial charge in [-0.15, -0.1) is 0 Å². The van der Waals surface area contributed by atoms with E-state index in [0.717, 1.165) is 30.6 Å². The van der Waals surface area contributed by atoms with Crippen LogP contribution in [0.3, 0.4) is 0 Å². The number of carbonyl (C=O) groups is 2. The number of nitrogens with two attached hydrogens (primary N) is 1. The third kappa shape index (κ3) is 4.13. The van der Waals surface area contributed by atoms with Gasteiger partial charge in [-0.3, -0.25) is 9.59 Å². The average Bonchev–Trinajstić information content (AvgIpc) is 2.74. The Labute approximate surface area is 191 Å². The first-order chi connectivity index (χ1) is 15.1. The number of fused-ring (bicyclic) bond motifs is 4. The van der Waals surface area contributed by atoms with Crippen LogP contribution in [0.15, 0.2) is 24.3 Å². The lowest BCUT2D eigenvalue weighted by atomic mass is 9.72. The minimum Gasteiger partial charge on any atom is -0.487 e. The third-order valence-electron chi connectivity index (χ3n) is 7.32. The van der Waals surface area contributed by atoms with Gasteiger partial charge in [0, 0.05) is 18.0 Å². The van der Waals surface area contributed by atoms with Gasteiger partial charge in [0.1, 0.15) is 17.4 Å². The van der Waals surface area contributed by atoms with E-state index in [1.165, 1.54) is 0 Å². The van der Waals surface area contributed by atoms with Crippen LogP contribution >= 0.6 is 0 Å². The first-order valence-electron chi connectivity index (χ1n) is 11.9. The lowest BCUT2D eigenvalue weighted by Gasteiger charge is -2.54. The number of hydrogen-bond donors (Lipinski definition) is 2. The van der Waals surface area contributed by atoms with Crippen LogP contribution in [0, 0.1) is 11.8 Å². The zero-order valence-corrected chi connectivity index (χ0v) is 19.8. The van der Waals surface area contributed by atoms with Gasteiger partial charge in [-0.2, -0.15) is 0 Å². The van der Waals surface area contributed by atoms with Gasteiger partial charge in [-0.05, 0) is 52.0 Å². The van der Waals surface area contributed by atoms with Gasteiger partial charge < -0.3 is 25.4 Å². The summed E-state index contributed by atoms with van der Waals surface area (Å²) in [6.07, 6.45) is 2.57. The molecule has 2 fully saturated rings. The number of likely N-dealkylation sites (tertiary alicyclic amines) is 1. The van der Waals surface area contributed by atoms with Crippen LogP contribution in [0.1, 0.15) is 65.5 Å². The summed E-state index contributed by atoms with van der Waals surface area (Å²) in [5, 5.41) is 2.87. The number of hydrogen-bond acceptors (Lipinski definition) is 5. The van der Waals surface area contributed by atoms with E-state index in [4.69, 9.17) is 15.2 Å². The van der Waals surface area contributed by atoms with Crippen molar-refractivity contribution in [1.82, 2.24) is 10.2 Å². The van der Waals surface area contributed by atoms with Crippen molar-refractivity contribution >= 4 is 11.8 Å². The molecular formula is C25H37N3O4. The monoisotopic (exact) mass is 443 g/mol. The molecule has 6 atom stereocenters. The second kappa shape index (κ2) is 8.67. The van der Waals surface area contributed by atoms with Crippen molar-refractivity contribution in [1.29, 1.82) is 0 Å². The summed E-state index contributed by atoms with van der Waals surface area (Å²) in [6.45, 7) is 10.4. The molecule has 3 heterocycles. The molecule has 0 radical (unpaired) electrons. The van der Waals surface area contributed by atoms with Gasteiger partial charge in [0.25, 0.3) is 0 Å². The molecule has 0 aliphatic carbocycles. The maximum Gasteiger partial charge on any atom is 0.245 e. The zero-order chi connectivity index (χ0) is 23.2. The molecule has 3 aliphatic heterocycles. The molecule has 7 heteroatoms. The molecular weight excluding hydrogens is 406 g/mol. The van der Waals surface area contributed by atoms with Crippen molar-refractivity contribution in [3.63, 3.8) is 0 Å². The zero-order valence-electron chi connectivity index (χ0n) is 19.8. The molecule has 3 N–H and O–H groups in total.